The van der Waals surface area contributed by atoms with Crippen LogP contribution in [0.2, 0.25) is 0 Å². The van der Waals surface area contributed by atoms with Crippen LogP contribution in [-0.2, 0) is 13.0 Å². The molecule has 0 spiro atoms. The molecule has 0 aliphatic heterocycles. The van der Waals surface area contributed by atoms with Crippen molar-refractivity contribution in [2.45, 2.75) is 13.0 Å². The highest BCUT2D eigenvalue weighted by molar-refractivity contribution is 5.31. The van der Waals surface area contributed by atoms with Crippen LogP contribution in [0, 0.1) is 5.82 Å². The first-order valence-corrected chi connectivity index (χ1v) is 7.85. The number of ether oxygens (including phenoxy) is 1. The molecule has 0 aliphatic rings. The fourth-order valence-corrected chi connectivity index (χ4v) is 2.43. The summed E-state index contributed by atoms with van der Waals surface area (Å²) >= 11 is 0. The highest BCUT2D eigenvalue weighted by Gasteiger charge is 2.19. The number of hydrogen-bond donors (Lipinski definition) is 1. The first-order valence-electron chi connectivity index (χ1n) is 7.85. The summed E-state index contributed by atoms with van der Waals surface area (Å²) in [5.74, 6) is -0.0167. The van der Waals surface area contributed by atoms with E-state index >= 15 is 0 Å². The van der Waals surface area contributed by atoms with E-state index in [0.29, 0.717) is 30.2 Å². The molecular formula is C18H18FN3O3. The molecule has 0 saturated heterocycles. The topological polar surface area (TPSA) is 74.2 Å². The second-order valence-corrected chi connectivity index (χ2v) is 5.47. The van der Waals surface area contributed by atoms with Gasteiger partial charge in [0.2, 0.25) is 5.69 Å². The van der Waals surface area contributed by atoms with Crippen LogP contribution in [0.5, 0.6) is 11.7 Å². The lowest BCUT2D eigenvalue weighted by Gasteiger charge is -2.04. The lowest BCUT2D eigenvalue weighted by Crippen LogP contribution is -2.39. The minimum atomic E-state index is -0.481. The molecule has 1 heterocycles. The number of hydrogen-bond acceptors (Lipinski definition) is 5. The van der Waals surface area contributed by atoms with Crippen molar-refractivity contribution in [3.8, 4) is 17.4 Å². The Morgan fingerprint density at radius 3 is 2.56 bits per heavy atom. The Labute approximate surface area is 144 Å². The van der Waals surface area contributed by atoms with E-state index in [-0.39, 0.29) is 5.82 Å². The van der Waals surface area contributed by atoms with E-state index in [1.54, 1.807) is 43.5 Å². The van der Waals surface area contributed by atoms with Crippen molar-refractivity contribution in [2.24, 2.45) is 0 Å². The smallest absolute Gasteiger partial charge is 0.253 e. The molecule has 0 atom stereocenters. The summed E-state index contributed by atoms with van der Waals surface area (Å²) < 4.78 is 24.2. The lowest BCUT2D eigenvalue weighted by molar-refractivity contribution is -0.677. The number of halogens is 1. The van der Waals surface area contributed by atoms with Crippen molar-refractivity contribution < 1.29 is 23.4 Å². The molecule has 3 rings (SSSR count). The summed E-state index contributed by atoms with van der Waals surface area (Å²) in [5.41, 5.74) is 2.14. The fourth-order valence-electron chi connectivity index (χ4n) is 2.43. The first kappa shape index (κ1) is 16.9. The molecular weight excluding hydrogens is 325 g/mol. The number of methoxy groups -OCH3 is 1. The molecule has 0 saturated carbocycles. The van der Waals surface area contributed by atoms with Crippen molar-refractivity contribution in [3.05, 3.63) is 65.6 Å². The number of nitrogens with zero attached hydrogens (tertiary/aromatic N) is 2. The highest BCUT2D eigenvalue weighted by Crippen LogP contribution is 2.14. The second kappa shape index (κ2) is 7.76. The molecule has 1 aromatic heterocycles. The second-order valence-electron chi connectivity index (χ2n) is 5.47. The van der Waals surface area contributed by atoms with E-state index in [9.17, 15) is 9.50 Å². The minimum absolute atomic E-state index is 0.252. The van der Waals surface area contributed by atoms with Gasteiger partial charge in [-0.05, 0) is 47.5 Å². The maximum atomic E-state index is 12.9. The standard InChI is InChI=1S/C18H18FN3O3/c1-24-16-8-6-15(7-9-16)22-17(18(23)25-21-22)12-20-11-10-13-2-4-14(19)5-3-13/h2-9,20H,10-12H2,1H3. The van der Waals surface area contributed by atoms with Gasteiger partial charge in [0.05, 0.1) is 18.9 Å². The molecule has 0 radical (unpaired) electrons. The third kappa shape index (κ3) is 4.13. The normalized spacial score (nSPS) is 10.8. The van der Waals surface area contributed by atoms with Crippen LogP contribution >= 0.6 is 0 Å². The van der Waals surface area contributed by atoms with Crippen LogP contribution in [0.25, 0.3) is 5.69 Å². The third-order valence-corrected chi connectivity index (χ3v) is 3.81. The Balaban J connectivity index is 1.62. The van der Waals surface area contributed by atoms with Crippen LogP contribution in [0.3, 0.4) is 0 Å². The van der Waals surface area contributed by atoms with Crippen molar-refractivity contribution in [2.75, 3.05) is 13.7 Å². The van der Waals surface area contributed by atoms with Gasteiger partial charge in [-0.15, -0.1) is 0 Å². The maximum absolute atomic E-state index is 12.9. The van der Waals surface area contributed by atoms with E-state index in [1.165, 1.54) is 16.8 Å². The zero-order valence-electron chi connectivity index (χ0n) is 13.7. The molecule has 2 aromatic carbocycles. The lowest BCUT2D eigenvalue weighted by atomic mass is 10.1. The van der Waals surface area contributed by atoms with Gasteiger partial charge in [0.15, 0.2) is 5.95 Å². The van der Waals surface area contributed by atoms with Gasteiger partial charge in [-0.2, -0.15) is 0 Å². The zero-order chi connectivity index (χ0) is 17.6. The number of nitrogens with one attached hydrogen (secondary N) is 1. The summed E-state index contributed by atoms with van der Waals surface area (Å²) in [6.45, 7) is 0.953. The molecule has 6 nitrogen and oxygen atoms in total. The highest BCUT2D eigenvalue weighted by atomic mass is 19.1. The molecule has 25 heavy (non-hydrogen) atoms. The van der Waals surface area contributed by atoms with Gasteiger partial charge in [0.25, 0.3) is 5.69 Å². The monoisotopic (exact) mass is 343 g/mol. The quantitative estimate of drug-likeness (QED) is 0.520. The van der Waals surface area contributed by atoms with Gasteiger partial charge in [-0.3, -0.25) is 0 Å². The number of aromatic nitrogens is 2. The van der Waals surface area contributed by atoms with Crippen LogP contribution in [-0.4, -0.2) is 18.9 Å². The molecule has 130 valence electrons. The predicted molar refractivity (Wildman–Crippen MR) is 85.8 cm³/mol. The van der Waals surface area contributed by atoms with Crippen molar-refractivity contribution in [3.63, 3.8) is 0 Å². The van der Waals surface area contributed by atoms with E-state index in [4.69, 9.17) is 9.26 Å². The molecule has 0 fully saturated rings. The molecule has 0 bridgehead atoms. The summed E-state index contributed by atoms with van der Waals surface area (Å²) in [6, 6.07) is 13.5. The molecule has 0 aliphatic carbocycles. The molecule has 0 amide bonds. The Morgan fingerprint density at radius 2 is 1.88 bits per heavy atom. The minimum Gasteiger partial charge on any atom is -0.539 e. The van der Waals surface area contributed by atoms with Gasteiger partial charge >= 0.3 is 0 Å². The summed E-state index contributed by atoms with van der Waals surface area (Å²) in [6.07, 6.45) is 0.724. The first-order chi connectivity index (χ1) is 12.2. The van der Waals surface area contributed by atoms with Crippen molar-refractivity contribution in [1.82, 2.24) is 10.6 Å². The summed E-state index contributed by atoms with van der Waals surface area (Å²) in [7, 11) is 1.59. The zero-order valence-corrected chi connectivity index (χ0v) is 13.7. The molecule has 7 heteroatoms. The van der Waals surface area contributed by atoms with Crippen LogP contribution in [0.1, 0.15) is 11.3 Å². The average molecular weight is 343 g/mol. The Morgan fingerprint density at radius 1 is 1.16 bits per heavy atom. The third-order valence-electron chi connectivity index (χ3n) is 3.81. The fraction of sp³-hybridized carbons (Fsp3) is 0.222. The van der Waals surface area contributed by atoms with Gasteiger partial charge in [-0.1, -0.05) is 12.1 Å². The van der Waals surface area contributed by atoms with Gasteiger partial charge in [0.1, 0.15) is 11.6 Å². The largest absolute Gasteiger partial charge is 0.539 e. The van der Waals surface area contributed by atoms with Crippen molar-refractivity contribution >= 4 is 0 Å². The van der Waals surface area contributed by atoms with E-state index in [1.807, 2.05) is 0 Å². The number of rotatable bonds is 7. The molecule has 1 N–H and O–H groups in total. The van der Waals surface area contributed by atoms with Gasteiger partial charge in [0, 0.05) is 12.1 Å². The van der Waals surface area contributed by atoms with Crippen LogP contribution in [0.15, 0.2) is 53.1 Å². The Kier molecular flexibility index (Phi) is 5.25. The van der Waals surface area contributed by atoms with Crippen LogP contribution in [0.4, 0.5) is 4.39 Å². The number of benzene rings is 2. The predicted octanol–water partition coefficient (Wildman–Crippen LogP) is 1.50. The SMILES string of the molecule is COc1ccc(-[n+]2noc([O-])c2CNCCc2ccc(F)cc2)cc1. The van der Waals surface area contributed by atoms with Crippen LogP contribution < -0.4 is 19.8 Å². The molecule has 3 aromatic rings. The van der Waals surface area contributed by atoms with E-state index in [2.05, 4.69) is 10.6 Å². The average Bonchev–Trinajstić information content (AvgIpc) is 3.01. The Bertz CT molecular complexity index is 817. The van der Waals surface area contributed by atoms with E-state index in [0.717, 1.165) is 12.0 Å². The summed E-state index contributed by atoms with van der Waals surface area (Å²) in [5, 5.41) is 18.9. The summed E-state index contributed by atoms with van der Waals surface area (Å²) in [4.78, 5) is 0. The van der Waals surface area contributed by atoms with Gasteiger partial charge < -0.3 is 19.7 Å². The van der Waals surface area contributed by atoms with E-state index < -0.39 is 5.95 Å². The maximum Gasteiger partial charge on any atom is 0.253 e. The van der Waals surface area contributed by atoms with Crippen molar-refractivity contribution in [1.29, 1.82) is 0 Å². The Hall–Kier alpha value is -2.93. The van der Waals surface area contributed by atoms with Gasteiger partial charge in [-0.25, -0.2) is 4.39 Å². The molecule has 0 unspecified atom stereocenters.